The van der Waals surface area contributed by atoms with Crippen LogP contribution in [0.4, 0.5) is 5.82 Å². The molecule has 162 valence electrons. The molecule has 5 rings (SSSR count). The van der Waals surface area contributed by atoms with Gasteiger partial charge in [-0.1, -0.05) is 54.6 Å². The number of aromatic nitrogens is 2. The van der Waals surface area contributed by atoms with Crippen LogP contribution in [0.1, 0.15) is 38.7 Å². The Labute approximate surface area is 190 Å². The van der Waals surface area contributed by atoms with Crippen LogP contribution in [0.25, 0.3) is 33.4 Å². The van der Waals surface area contributed by atoms with Crippen molar-refractivity contribution < 1.29 is 5.73 Å². The van der Waals surface area contributed by atoms with Crippen molar-refractivity contribution in [3.8, 4) is 22.4 Å². The number of benzene rings is 2. The lowest BCUT2D eigenvalue weighted by atomic mass is 9.72. The Kier molecular flexibility index (Phi) is 5.40. The van der Waals surface area contributed by atoms with Crippen LogP contribution in [-0.4, -0.2) is 23.1 Å². The number of hydrogen-bond donors (Lipinski definition) is 1. The Morgan fingerprint density at radius 2 is 1.53 bits per heavy atom. The van der Waals surface area contributed by atoms with Crippen LogP contribution in [0.2, 0.25) is 0 Å². The van der Waals surface area contributed by atoms with Gasteiger partial charge in [0.1, 0.15) is 11.4 Å². The highest BCUT2D eigenvalue weighted by Gasteiger charge is 2.38. The van der Waals surface area contributed by atoms with E-state index in [4.69, 9.17) is 9.97 Å². The quantitative estimate of drug-likeness (QED) is 0.450. The van der Waals surface area contributed by atoms with Crippen molar-refractivity contribution >= 4 is 16.9 Å². The first-order valence-electron chi connectivity index (χ1n) is 11.7. The van der Waals surface area contributed by atoms with Crippen molar-refractivity contribution in [2.24, 2.45) is 0 Å². The Balaban J connectivity index is 1.64. The summed E-state index contributed by atoms with van der Waals surface area (Å²) >= 11 is 0. The van der Waals surface area contributed by atoms with Gasteiger partial charge in [-0.05, 0) is 44.0 Å². The molecule has 1 aliphatic carbocycles. The number of anilines is 1. The van der Waals surface area contributed by atoms with E-state index >= 15 is 0 Å². The fourth-order valence-electron chi connectivity index (χ4n) is 4.70. The highest BCUT2D eigenvalue weighted by Crippen LogP contribution is 2.38. The number of nitrogens with zero attached hydrogens (tertiary/aromatic N) is 3. The zero-order valence-corrected chi connectivity index (χ0v) is 19.0. The monoisotopic (exact) mass is 423 g/mol. The molecule has 2 aromatic heterocycles. The van der Waals surface area contributed by atoms with Crippen molar-refractivity contribution in [2.75, 3.05) is 18.0 Å². The number of fused-ring (bicyclic) bond motifs is 1. The molecule has 4 heteroatoms. The van der Waals surface area contributed by atoms with Crippen LogP contribution in [0, 0.1) is 0 Å². The van der Waals surface area contributed by atoms with Gasteiger partial charge in [-0.3, -0.25) is 0 Å². The van der Waals surface area contributed by atoms with E-state index in [1.807, 2.05) is 0 Å². The van der Waals surface area contributed by atoms with Gasteiger partial charge in [0.2, 0.25) is 0 Å². The van der Waals surface area contributed by atoms with Crippen LogP contribution >= 0.6 is 0 Å². The van der Waals surface area contributed by atoms with E-state index in [1.165, 1.54) is 24.8 Å². The highest BCUT2D eigenvalue weighted by molar-refractivity contribution is 5.90. The minimum absolute atomic E-state index is 0.0996. The molecule has 1 fully saturated rings. The summed E-state index contributed by atoms with van der Waals surface area (Å²) in [5.41, 5.74) is 12.1. The molecule has 2 aromatic carbocycles. The molecule has 32 heavy (non-hydrogen) atoms. The molecule has 4 aromatic rings. The smallest absolute Gasteiger partial charge is 0.129 e. The van der Waals surface area contributed by atoms with Gasteiger partial charge in [-0.25, -0.2) is 9.97 Å². The second-order valence-electron chi connectivity index (χ2n) is 8.84. The first-order chi connectivity index (χ1) is 15.6. The molecule has 0 unspecified atom stereocenters. The van der Waals surface area contributed by atoms with E-state index in [0.29, 0.717) is 0 Å². The summed E-state index contributed by atoms with van der Waals surface area (Å²) in [6.45, 7) is 6.20. The van der Waals surface area contributed by atoms with Gasteiger partial charge in [-0.15, -0.1) is 0 Å². The van der Waals surface area contributed by atoms with Crippen LogP contribution in [0.15, 0.2) is 72.8 Å². The summed E-state index contributed by atoms with van der Waals surface area (Å²) in [4.78, 5) is 12.3. The zero-order chi connectivity index (χ0) is 22.1. The molecule has 2 heterocycles. The van der Waals surface area contributed by atoms with Gasteiger partial charge in [-0.2, -0.15) is 0 Å². The van der Waals surface area contributed by atoms with Gasteiger partial charge in [0, 0.05) is 42.6 Å². The molecule has 0 atom stereocenters. The topological polar surface area (TPSA) is 56.7 Å². The van der Waals surface area contributed by atoms with E-state index in [9.17, 15) is 0 Å². The number of quaternary nitrogens is 1. The first-order valence-corrected chi connectivity index (χ1v) is 11.7. The predicted octanol–water partition coefficient (Wildman–Crippen LogP) is 5.43. The number of pyridine rings is 2. The summed E-state index contributed by atoms with van der Waals surface area (Å²) in [6, 6.07) is 25.8. The van der Waals surface area contributed by atoms with Gasteiger partial charge in [0.05, 0.1) is 16.7 Å². The normalized spacial score (nSPS) is 14.8. The third-order valence-corrected chi connectivity index (χ3v) is 6.91. The summed E-state index contributed by atoms with van der Waals surface area (Å²) in [6.07, 6.45) is 3.63. The van der Waals surface area contributed by atoms with Gasteiger partial charge in [0.25, 0.3) is 0 Å². The van der Waals surface area contributed by atoms with E-state index in [0.717, 1.165) is 52.3 Å². The second-order valence-corrected chi connectivity index (χ2v) is 8.84. The third kappa shape index (κ3) is 3.65. The van der Waals surface area contributed by atoms with Crippen molar-refractivity contribution in [2.45, 2.75) is 38.6 Å². The molecule has 1 saturated carbocycles. The Bertz CT molecular complexity index is 1220. The predicted molar refractivity (Wildman–Crippen MR) is 132 cm³/mol. The minimum Gasteiger partial charge on any atom is -0.357 e. The molecule has 0 aliphatic heterocycles. The van der Waals surface area contributed by atoms with Gasteiger partial charge < -0.3 is 10.6 Å². The fraction of sp³-hybridized carbons (Fsp3) is 0.286. The summed E-state index contributed by atoms with van der Waals surface area (Å²) < 4.78 is 0. The van der Waals surface area contributed by atoms with E-state index in [1.54, 1.807) is 0 Å². The molecule has 1 aliphatic rings. The number of rotatable bonds is 6. The summed E-state index contributed by atoms with van der Waals surface area (Å²) in [5, 5.41) is 0. The van der Waals surface area contributed by atoms with Crippen LogP contribution in [0.5, 0.6) is 0 Å². The van der Waals surface area contributed by atoms with Crippen molar-refractivity contribution in [1.29, 1.82) is 0 Å². The van der Waals surface area contributed by atoms with Crippen molar-refractivity contribution in [1.82, 2.24) is 9.97 Å². The highest BCUT2D eigenvalue weighted by atomic mass is 15.2. The van der Waals surface area contributed by atoms with Gasteiger partial charge in [0.15, 0.2) is 0 Å². The maximum Gasteiger partial charge on any atom is 0.129 e. The summed E-state index contributed by atoms with van der Waals surface area (Å²) in [7, 11) is 0. The van der Waals surface area contributed by atoms with Crippen LogP contribution < -0.4 is 10.6 Å². The standard InChI is InChI=1S/C28H30N4/c1-3-32(4-2)26-16-15-24-25(30-26)19-23(20-9-6-5-7-10-20)27(31-24)21-11-13-22(14-12-21)28(29)17-8-18-28/h5-7,9-16,19H,3-4,8,17-18,29H2,1-2H3/p+1. The average molecular weight is 424 g/mol. The van der Waals surface area contributed by atoms with Gasteiger partial charge >= 0.3 is 0 Å². The molecule has 0 amide bonds. The molecule has 0 radical (unpaired) electrons. The third-order valence-electron chi connectivity index (χ3n) is 6.91. The molecule has 0 spiro atoms. The lowest BCUT2D eigenvalue weighted by Crippen LogP contribution is -2.73. The van der Waals surface area contributed by atoms with E-state index in [2.05, 4.69) is 97.3 Å². The van der Waals surface area contributed by atoms with E-state index in [-0.39, 0.29) is 5.54 Å². The molecular weight excluding hydrogens is 392 g/mol. The van der Waals surface area contributed by atoms with Crippen LogP contribution in [-0.2, 0) is 5.54 Å². The first kappa shape index (κ1) is 20.7. The van der Waals surface area contributed by atoms with E-state index < -0.39 is 0 Å². The van der Waals surface area contributed by atoms with Crippen LogP contribution in [0.3, 0.4) is 0 Å². The molecule has 0 bridgehead atoms. The Morgan fingerprint density at radius 3 is 2.16 bits per heavy atom. The zero-order valence-electron chi connectivity index (χ0n) is 19.0. The second kappa shape index (κ2) is 8.36. The minimum atomic E-state index is 0.0996. The maximum absolute atomic E-state index is 5.10. The lowest BCUT2D eigenvalue weighted by molar-refractivity contribution is -0.509. The Morgan fingerprint density at radius 1 is 0.812 bits per heavy atom. The van der Waals surface area contributed by atoms with Crippen molar-refractivity contribution in [3.05, 3.63) is 78.4 Å². The molecule has 0 saturated heterocycles. The lowest BCUT2D eigenvalue weighted by Gasteiger charge is -2.34. The van der Waals surface area contributed by atoms with Crippen molar-refractivity contribution in [3.63, 3.8) is 0 Å². The number of hydrogen-bond acceptors (Lipinski definition) is 3. The summed E-state index contributed by atoms with van der Waals surface area (Å²) in [5.74, 6) is 1.00. The molecular formula is C28H31N4+. The largest absolute Gasteiger partial charge is 0.357 e. The average Bonchev–Trinajstić information content (AvgIpc) is 2.83. The fourth-order valence-corrected chi connectivity index (χ4v) is 4.70. The SMILES string of the molecule is CCN(CC)c1ccc2nc(-c3ccc(C4([NH3+])CCC4)cc3)c(-c3ccccc3)cc2n1. The maximum atomic E-state index is 5.10. The molecule has 3 N–H and O–H groups in total. The Hall–Kier alpha value is -3.24. The molecule has 4 nitrogen and oxygen atoms in total.